The molecule has 0 spiro atoms. The summed E-state index contributed by atoms with van der Waals surface area (Å²) in [5.41, 5.74) is 0.627. The summed E-state index contributed by atoms with van der Waals surface area (Å²) in [5, 5.41) is 9.07. The molecule has 1 heterocycles. The molecule has 0 atom stereocenters. The lowest BCUT2D eigenvalue weighted by molar-refractivity contribution is 0.0605. The molecule has 0 N–H and O–H groups in total. The van der Waals surface area contributed by atoms with Crippen LogP contribution >= 0.6 is 11.3 Å². The summed E-state index contributed by atoms with van der Waals surface area (Å²) in [5.74, 6) is -0.390. The summed E-state index contributed by atoms with van der Waals surface area (Å²) in [6.07, 6.45) is 0.239. The van der Waals surface area contributed by atoms with E-state index in [1.54, 1.807) is 6.92 Å². The molecule has 0 bridgehead atoms. The lowest BCUT2D eigenvalue weighted by atomic mass is 10.4. The number of aromatic nitrogens is 1. The summed E-state index contributed by atoms with van der Waals surface area (Å²) in [4.78, 5) is 15.7. The van der Waals surface area contributed by atoms with Crippen molar-refractivity contribution in [3.8, 4) is 6.07 Å². The summed E-state index contributed by atoms with van der Waals surface area (Å²) < 4.78 is 4.56. The third kappa shape index (κ3) is 2.04. The number of esters is 1. The van der Waals surface area contributed by atoms with E-state index in [4.69, 9.17) is 5.26 Å². The number of nitrogens with zero attached hydrogens (tertiary/aromatic N) is 2. The normalized spacial score (nSPS) is 9.31. The van der Waals surface area contributed by atoms with E-state index < -0.39 is 0 Å². The number of methoxy groups -OCH3 is 1. The van der Waals surface area contributed by atoms with Gasteiger partial charge in [-0.05, 0) is 6.92 Å². The number of aryl methyl sites for hydroxylation is 1. The maximum absolute atomic E-state index is 11.1. The van der Waals surface area contributed by atoms with E-state index in [9.17, 15) is 4.79 Å². The molecule has 1 aromatic heterocycles. The molecule has 0 unspecified atom stereocenters. The summed E-state index contributed by atoms with van der Waals surface area (Å²) in [6.45, 7) is 1.73. The number of rotatable bonds is 2. The molecule has 0 amide bonds. The van der Waals surface area contributed by atoms with Gasteiger partial charge in [-0.2, -0.15) is 5.26 Å². The van der Waals surface area contributed by atoms with Gasteiger partial charge in [-0.3, -0.25) is 0 Å². The van der Waals surface area contributed by atoms with Crippen LogP contribution in [0.2, 0.25) is 0 Å². The Morgan fingerprint density at radius 1 is 1.77 bits per heavy atom. The number of nitriles is 1. The monoisotopic (exact) mass is 196 g/mol. The highest BCUT2D eigenvalue weighted by Crippen LogP contribution is 2.18. The van der Waals surface area contributed by atoms with E-state index in [1.165, 1.54) is 18.4 Å². The minimum absolute atomic E-state index is 0.239. The molecule has 0 aliphatic heterocycles. The molecule has 68 valence electrons. The first kappa shape index (κ1) is 9.68. The Balaban J connectivity index is 2.97. The Kier molecular flexibility index (Phi) is 2.98. The van der Waals surface area contributed by atoms with Crippen LogP contribution in [-0.2, 0) is 11.2 Å². The van der Waals surface area contributed by atoms with Crippen LogP contribution in [0.5, 0.6) is 0 Å². The van der Waals surface area contributed by atoms with Crippen LogP contribution in [0, 0.1) is 18.3 Å². The predicted molar refractivity (Wildman–Crippen MR) is 47.5 cm³/mol. The molecular weight excluding hydrogens is 188 g/mol. The number of hydrogen-bond acceptors (Lipinski definition) is 5. The number of thiazole rings is 1. The van der Waals surface area contributed by atoms with Crippen molar-refractivity contribution in [1.29, 1.82) is 5.26 Å². The van der Waals surface area contributed by atoms with E-state index in [-0.39, 0.29) is 12.4 Å². The highest BCUT2D eigenvalue weighted by molar-refractivity contribution is 7.13. The maximum atomic E-state index is 11.1. The molecule has 0 aromatic carbocycles. The van der Waals surface area contributed by atoms with Gasteiger partial charge in [-0.15, -0.1) is 11.3 Å². The van der Waals surface area contributed by atoms with Gasteiger partial charge >= 0.3 is 5.97 Å². The van der Waals surface area contributed by atoms with Crippen LogP contribution < -0.4 is 0 Å². The Morgan fingerprint density at radius 3 is 3.00 bits per heavy atom. The van der Waals surface area contributed by atoms with Crippen LogP contribution in [0.15, 0.2) is 0 Å². The Bertz CT molecular complexity index is 365. The highest BCUT2D eigenvalue weighted by Gasteiger charge is 2.14. The molecule has 0 aliphatic rings. The fourth-order valence-electron chi connectivity index (χ4n) is 0.878. The largest absolute Gasteiger partial charge is 0.465 e. The van der Waals surface area contributed by atoms with Crippen LogP contribution in [0.3, 0.4) is 0 Å². The number of hydrogen-bond donors (Lipinski definition) is 0. The van der Waals surface area contributed by atoms with Crippen molar-refractivity contribution in [2.45, 2.75) is 13.3 Å². The maximum Gasteiger partial charge on any atom is 0.349 e. The van der Waals surface area contributed by atoms with Gasteiger partial charge in [0.15, 0.2) is 0 Å². The first-order valence-electron chi connectivity index (χ1n) is 3.60. The van der Waals surface area contributed by atoms with Crippen molar-refractivity contribution < 1.29 is 9.53 Å². The fourth-order valence-corrected chi connectivity index (χ4v) is 1.79. The topological polar surface area (TPSA) is 63.0 Å². The zero-order valence-corrected chi connectivity index (χ0v) is 8.14. The minimum atomic E-state index is -0.390. The van der Waals surface area contributed by atoms with Crippen molar-refractivity contribution in [2.75, 3.05) is 7.11 Å². The van der Waals surface area contributed by atoms with Crippen LogP contribution in [0.4, 0.5) is 0 Å². The van der Waals surface area contributed by atoms with Crippen molar-refractivity contribution in [3.05, 3.63) is 15.6 Å². The Hall–Kier alpha value is -1.41. The van der Waals surface area contributed by atoms with Crippen molar-refractivity contribution in [2.24, 2.45) is 0 Å². The van der Waals surface area contributed by atoms with E-state index in [0.29, 0.717) is 15.6 Å². The zero-order chi connectivity index (χ0) is 9.84. The van der Waals surface area contributed by atoms with Gasteiger partial charge in [-0.1, -0.05) is 0 Å². The fraction of sp³-hybridized carbons (Fsp3) is 0.375. The molecule has 0 fully saturated rings. The quantitative estimate of drug-likeness (QED) is 0.669. The van der Waals surface area contributed by atoms with Crippen LogP contribution in [0.1, 0.15) is 20.4 Å². The second kappa shape index (κ2) is 4.01. The molecule has 0 radical (unpaired) electrons. The van der Waals surface area contributed by atoms with Gasteiger partial charge in [0.2, 0.25) is 0 Å². The Labute approximate surface area is 79.8 Å². The SMILES string of the molecule is COC(=O)c1sc(CC#N)nc1C. The average Bonchev–Trinajstić information content (AvgIpc) is 2.46. The van der Waals surface area contributed by atoms with E-state index in [2.05, 4.69) is 9.72 Å². The molecule has 5 heteroatoms. The predicted octanol–water partition coefficient (Wildman–Crippen LogP) is 1.30. The minimum Gasteiger partial charge on any atom is -0.465 e. The standard InChI is InChI=1S/C8H8N2O2S/c1-5-7(8(11)12-2)13-6(10-5)3-4-9/h3H2,1-2H3. The molecule has 0 saturated heterocycles. The van der Waals surface area contributed by atoms with Gasteiger partial charge in [0.1, 0.15) is 9.88 Å². The first-order chi connectivity index (χ1) is 6.19. The summed E-state index contributed by atoms with van der Waals surface area (Å²) in [7, 11) is 1.32. The molecule has 0 aliphatic carbocycles. The molecule has 1 rings (SSSR count). The number of carbonyl (C=O) groups excluding carboxylic acids is 1. The Morgan fingerprint density at radius 2 is 2.46 bits per heavy atom. The van der Waals surface area contributed by atoms with E-state index >= 15 is 0 Å². The lowest BCUT2D eigenvalue weighted by Gasteiger charge is -1.93. The smallest absolute Gasteiger partial charge is 0.349 e. The second-order valence-corrected chi connectivity index (χ2v) is 3.43. The van der Waals surface area contributed by atoms with Gasteiger partial charge in [0, 0.05) is 0 Å². The second-order valence-electron chi connectivity index (χ2n) is 2.35. The number of carbonyl (C=O) groups is 1. The summed E-state index contributed by atoms with van der Waals surface area (Å²) in [6, 6.07) is 1.98. The molecule has 4 nitrogen and oxygen atoms in total. The van der Waals surface area contributed by atoms with Crippen LogP contribution in [-0.4, -0.2) is 18.1 Å². The van der Waals surface area contributed by atoms with Gasteiger partial charge in [0.05, 0.1) is 25.3 Å². The average molecular weight is 196 g/mol. The van der Waals surface area contributed by atoms with E-state index in [0.717, 1.165) is 0 Å². The van der Waals surface area contributed by atoms with Gasteiger partial charge in [0.25, 0.3) is 0 Å². The lowest BCUT2D eigenvalue weighted by Crippen LogP contribution is -1.99. The summed E-state index contributed by atoms with van der Waals surface area (Å²) >= 11 is 1.21. The highest BCUT2D eigenvalue weighted by atomic mass is 32.1. The van der Waals surface area contributed by atoms with Gasteiger partial charge < -0.3 is 4.74 Å². The van der Waals surface area contributed by atoms with Gasteiger partial charge in [-0.25, -0.2) is 9.78 Å². The molecule has 1 aromatic rings. The molecule has 13 heavy (non-hydrogen) atoms. The third-order valence-electron chi connectivity index (χ3n) is 1.44. The van der Waals surface area contributed by atoms with Crippen molar-refractivity contribution in [3.63, 3.8) is 0 Å². The van der Waals surface area contributed by atoms with Crippen LogP contribution in [0.25, 0.3) is 0 Å². The number of ether oxygens (including phenoxy) is 1. The van der Waals surface area contributed by atoms with Crippen molar-refractivity contribution >= 4 is 17.3 Å². The molecular formula is C8H8N2O2S. The third-order valence-corrected chi connectivity index (χ3v) is 2.58. The van der Waals surface area contributed by atoms with Crippen molar-refractivity contribution in [1.82, 2.24) is 4.98 Å². The first-order valence-corrected chi connectivity index (χ1v) is 4.42. The van der Waals surface area contributed by atoms with E-state index in [1.807, 2.05) is 6.07 Å². The zero-order valence-electron chi connectivity index (χ0n) is 7.33. The molecule has 0 saturated carbocycles.